The molecule has 1 aromatic heterocycles. The lowest BCUT2D eigenvalue weighted by Crippen LogP contribution is -2.37. The van der Waals surface area contributed by atoms with Crippen LogP contribution in [0, 0.1) is 5.41 Å². The monoisotopic (exact) mass is 424 g/mol. The molecule has 0 bridgehead atoms. The summed E-state index contributed by atoms with van der Waals surface area (Å²) in [5.41, 5.74) is 1.21. The number of rotatable bonds is 7. The number of phenolic OH excluding ortho intramolecular Hbond substituents is 1. The molecule has 0 unspecified atom stereocenters. The SMILES string of the molecule is CCOC(=O)c1csc(NC(=O)C(C)(C)[C@@H](c2ccccc2)c2ccc(O)cc2)n1. The van der Waals surface area contributed by atoms with Crippen LogP contribution >= 0.6 is 11.3 Å². The van der Waals surface area contributed by atoms with Gasteiger partial charge in [0.15, 0.2) is 10.8 Å². The third kappa shape index (κ3) is 4.68. The molecule has 3 aromatic rings. The first-order valence-electron chi connectivity index (χ1n) is 9.61. The van der Waals surface area contributed by atoms with E-state index in [2.05, 4.69) is 10.3 Å². The second kappa shape index (κ2) is 9.09. The van der Waals surface area contributed by atoms with Gasteiger partial charge in [0.1, 0.15) is 5.75 Å². The summed E-state index contributed by atoms with van der Waals surface area (Å²) in [6.45, 7) is 5.72. The van der Waals surface area contributed by atoms with Gasteiger partial charge in [-0.3, -0.25) is 4.79 Å². The highest BCUT2D eigenvalue weighted by Gasteiger charge is 2.39. The van der Waals surface area contributed by atoms with E-state index in [0.29, 0.717) is 5.13 Å². The molecule has 7 heteroatoms. The summed E-state index contributed by atoms with van der Waals surface area (Å²) in [5, 5.41) is 14.4. The van der Waals surface area contributed by atoms with Crippen molar-refractivity contribution in [1.82, 2.24) is 4.98 Å². The van der Waals surface area contributed by atoms with Crippen LogP contribution in [0.1, 0.15) is 48.3 Å². The molecule has 0 aliphatic rings. The molecule has 0 aliphatic carbocycles. The molecule has 0 aliphatic heterocycles. The van der Waals surface area contributed by atoms with Gasteiger partial charge in [0.2, 0.25) is 5.91 Å². The van der Waals surface area contributed by atoms with Gasteiger partial charge in [-0.15, -0.1) is 11.3 Å². The first-order chi connectivity index (χ1) is 14.3. The maximum atomic E-state index is 13.3. The Morgan fingerprint density at radius 3 is 2.37 bits per heavy atom. The predicted molar refractivity (Wildman–Crippen MR) is 117 cm³/mol. The number of ether oxygens (including phenoxy) is 1. The van der Waals surface area contributed by atoms with Crippen molar-refractivity contribution in [1.29, 1.82) is 0 Å². The van der Waals surface area contributed by atoms with Crippen LogP contribution < -0.4 is 5.32 Å². The summed E-state index contributed by atoms with van der Waals surface area (Å²) in [6.07, 6.45) is 0. The largest absolute Gasteiger partial charge is 0.508 e. The Balaban J connectivity index is 1.90. The van der Waals surface area contributed by atoms with E-state index in [1.165, 1.54) is 11.3 Å². The van der Waals surface area contributed by atoms with Gasteiger partial charge in [-0.05, 0) is 30.2 Å². The molecule has 30 heavy (non-hydrogen) atoms. The minimum atomic E-state index is -0.853. The van der Waals surface area contributed by atoms with Crippen molar-refractivity contribution < 1.29 is 19.4 Å². The average Bonchev–Trinajstić information content (AvgIpc) is 3.19. The van der Waals surface area contributed by atoms with Crippen LogP contribution in [0.2, 0.25) is 0 Å². The highest BCUT2D eigenvalue weighted by molar-refractivity contribution is 7.14. The topological polar surface area (TPSA) is 88.5 Å². The summed E-state index contributed by atoms with van der Waals surface area (Å²) in [7, 11) is 0. The zero-order chi connectivity index (χ0) is 21.7. The number of benzene rings is 2. The highest BCUT2D eigenvalue weighted by atomic mass is 32.1. The van der Waals surface area contributed by atoms with Crippen molar-refractivity contribution in [3.8, 4) is 5.75 Å². The quantitative estimate of drug-likeness (QED) is 0.531. The van der Waals surface area contributed by atoms with Gasteiger partial charge in [0.05, 0.1) is 12.0 Å². The molecule has 0 spiro atoms. The Kier molecular flexibility index (Phi) is 6.52. The number of amides is 1. The van der Waals surface area contributed by atoms with E-state index in [9.17, 15) is 14.7 Å². The molecule has 0 radical (unpaired) electrons. The van der Waals surface area contributed by atoms with E-state index in [4.69, 9.17) is 4.74 Å². The zero-order valence-electron chi connectivity index (χ0n) is 17.1. The van der Waals surface area contributed by atoms with E-state index in [0.717, 1.165) is 11.1 Å². The molecule has 0 saturated heterocycles. The highest BCUT2D eigenvalue weighted by Crippen LogP contribution is 2.42. The first kappa shape index (κ1) is 21.5. The second-order valence-electron chi connectivity index (χ2n) is 7.37. The van der Waals surface area contributed by atoms with E-state index in [-0.39, 0.29) is 29.9 Å². The van der Waals surface area contributed by atoms with Gasteiger partial charge in [-0.2, -0.15) is 0 Å². The van der Waals surface area contributed by atoms with Gasteiger partial charge >= 0.3 is 5.97 Å². The van der Waals surface area contributed by atoms with Crippen molar-refractivity contribution >= 4 is 28.3 Å². The van der Waals surface area contributed by atoms with Crippen molar-refractivity contribution in [2.75, 3.05) is 11.9 Å². The maximum absolute atomic E-state index is 13.3. The number of nitrogens with zero attached hydrogens (tertiary/aromatic N) is 1. The van der Waals surface area contributed by atoms with Crippen LogP contribution in [0.5, 0.6) is 5.75 Å². The number of carbonyl (C=O) groups excluding carboxylic acids is 2. The van der Waals surface area contributed by atoms with Gasteiger partial charge < -0.3 is 15.2 Å². The number of phenols is 1. The van der Waals surface area contributed by atoms with E-state index < -0.39 is 11.4 Å². The standard InChI is InChI=1S/C23H24N2O4S/c1-4-29-20(27)18-14-30-22(24-18)25-21(28)23(2,3)19(15-8-6-5-7-9-15)16-10-12-17(26)13-11-16/h5-14,19,26H,4H2,1-3H3,(H,24,25,28)/t19-/m0/s1. The number of esters is 1. The normalized spacial score (nSPS) is 12.2. The summed E-state index contributed by atoms with van der Waals surface area (Å²) >= 11 is 1.18. The Labute approximate surface area is 179 Å². The molecule has 2 N–H and O–H groups in total. The molecule has 1 heterocycles. The van der Waals surface area contributed by atoms with Gasteiger partial charge in [0.25, 0.3) is 0 Å². The number of aromatic hydroxyl groups is 1. The molecular formula is C23H24N2O4S. The average molecular weight is 425 g/mol. The van der Waals surface area contributed by atoms with Crippen molar-refractivity contribution in [2.24, 2.45) is 5.41 Å². The zero-order valence-corrected chi connectivity index (χ0v) is 17.9. The number of nitrogens with one attached hydrogen (secondary N) is 1. The Bertz CT molecular complexity index is 1010. The lowest BCUT2D eigenvalue weighted by Gasteiger charge is -2.33. The molecule has 1 atom stereocenters. The van der Waals surface area contributed by atoms with Crippen LogP contribution in [0.3, 0.4) is 0 Å². The summed E-state index contributed by atoms with van der Waals surface area (Å²) in [5.74, 6) is -0.833. The third-order valence-electron chi connectivity index (χ3n) is 4.88. The fourth-order valence-corrected chi connectivity index (χ4v) is 4.03. The lowest BCUT2D eigenvalue weighted by molar-refractivity contribution is -0.124. The summed E-state index contributed by atoms with van der Waals surface area (Å²) in [4.78, 5) is 29.3. The van der Waals surface area contributed by atoms with Gasteiger partial charge in [-0.1, -0.05) is 56.3 Å². The van der Waals surface area contributed by atoms with E-state index >= 15 is 0 Å². The van der Waals surface area contributed by atoms with Crippen LogP contribution in [-0.4, -0.2) is 28.6 Å². The summed E-state index contributed by atoms with van der Waals surface area (Å²) < 4.78 is 4.95. The number of hydrogen-bond donors (Lipinski definition) is 2. The number of hydrogen-bond acceptors (Lipinski definition) is 6. The van der Waals surface area contributed by atoms with Crippen LogP contribution in [0.15, 0.2) is 60.0 Å². The van der Waals surface area contributed by atoms with Crippen LogP contribution in [0.4, 0.5) is 5.13 Å². The number of anilines is 1. The predicted octanol–water partition coefficient (Wildman–Crippen LogP) is 4.82. The number of carbonyl (C=O) groups is 2. The Morgan fingerprint density at radius 2 is 1.73 bits per heavy atom. The van der Waals surface area contributed by atoms with Gasteiger partial charge in [-0.25, -0.2) is 9.78 Å². The molecule has 2 aromatic carbocycles. The van der Waals surface area contributed by atoms with Crippen LogP contribution in [0.25, 0.3) is 0 Å². The molecule has 0 fully saturated rings. The first-order valence-corrected chi connectivity index (χ1v) is 10.5. The Hall–Kier alpha value is -3.19. The number of aromatic nitrogens is 1. The maximum Gasteiger partial charge on any atom is 0.357 e. The molecule has 0 saturated carbocycles. The minimum Gasteiger partial charge on any atom is -0.508 e. The van der Waals surface area contributed by atoms with Crippen molar-refractivity contribution in [3.63, 3.8) is 0 Å². The Morgan fingerprint density at radius 1 is 1.10 bits per heavy atom. The van der Waals surface area contributed by atoms with Gasteiger partial charge in [0, 0.05) is 11.3 Å². The third-order valence-corrected chi connectivity index (χ3v) is 5.63. The van der Waals surface area contributed by atoms with Crippen molar-refractivity contribution in [3.05, 3.63) is 76.8 Å². The second-order valence-corrected chi connectivity index (χ2v) is 8.23. The molecule has 1 amide bonds. The fraction of sp³-hybridized carbons (Fsp3) is 0.261. The van der Waals surface area contributed by atoms with Crippen molar-refractivity contribution in [2.45, 2.75) is 26.7 Å². The minimum absolute atomic E-state index is 0.169. The van der Waals surface area contributed by atoms with E-state index in [1.54, 1.807) is 24.4 Å². The molecular weight excluding hydrogens is 400 g/mol. The molecule has 6 nitrogen and oxygen atoms in total. The smallest absolute Gasteiger partial charge is 0.357 e. The number of thiazole rings is 1. The molecule has 3 rings (SSSR count). The lowest BCUT2D eigenvalue weighted by atomic mass is 9.70. The van der Waals surface area contributed by atoms with Crippen LogP contribution in [-0.2, 0) is 9.53 Å². The van der Waals surface area contributed by atoms with E-state index in [1.807, 2.05) is 56.3 Å². The fourth-order valence-electron chi connectivity index (χ4n) is 3.36. The molecule has 156 valence electrons. The summed E-state index contributed by atoms with van der Waals surface area (Å²) in [6, 6.07) is 16.6.